The number of carbonyl (C=O) groups excluding carboxylic acids is 2. The van der Waals surface area contributed by atoms with Crippen molar-refractivity contribution < 1.29 is 9.59 Å². The Morgan fingerprint density at radius 1 is 1.58 bits per heavy atom. The Morgan fingerprint density at radius 2 is 2.25 bits per heavy atom. The van der Waals surface area contributed by atoms with E-state index in [0.717, 1.165) is 25.7 Å². The van der Waals surface area contributed by atoms with Crippen molar-refractivity contribution in [1.82, 2.24) is 4.90 Å². The molecule has 0 saturated carbocycles. The lowest BCUT2D eigenvalue weighted by atomic mass is 10.1. The van der Waals surface area contributed by atoms with E-state index in [1.165, 1.54) is 0 Å². The number of likely N-dealkylation sites (tertiary alicyclic amines) is 1. The average Bonchev–Trinajstić information content (AvgIpc) is 2.49. The van der Waals surface area contributed by atoms with Gasteiger partial charge in [0.15, 0.2) is 0 Å². The van der Waals surface area contributed by atoms with E-state index in [0.29, 0.717) is 0 Å². The number of aldehydes is 1. The van der Waals surface area contributed by atoms with Crippen molar-refractivity contribution in [2.45, 2.75) is 32.7 Å². The molecule has 1 aliphatic rings. The fraction of sp³-hybridized carbons (Fsp3) is 0.778. The van der Waals surface area contributed by atoms with Gasteiger partial charge >= 0.3 is 0 Å². The first-order valence-electron chi connectivity index (χ1n) is 4.42. The predicted octanol–water partition coefficient (Wildman–Crippen LogP) is 0.832. The molecule has 1 amide bonds. The van der Waals surface area contributed by atoms with Crippen LogP contribution in [0, 0.1) is 5.92 Å². The molecule has 3 nitrogen and oxygen atoms in total. The molecule has 1 saturated heterocycles. The number of rotatable bonds is 2. The molecular formula is C9H15NO2. The summed E-state index contributed by atoms with van der Waals surface area (Å²) >= 11 is 0. The van der Waals surface area contributed by atoms with Gasteiger partial charge in [-0.25, -0.2) is 0 Å². The highest BCUT2D eigenvalue weighted by Gasteiger charge is 2.29. The zero-order valence-electron chi connectivity index (χ0n) is 7.62. The standard InChI is InChI=1S/C9H15NO2/c1-7(2)9(12)10-5-3-4-8(10)6-11/h6-8H,3-5H2,1-2H3/t8-/m0/s1. The number of hydrogen-bond acceptors (Lipinski definition) is 2. The second-order valence-electron chi connectivity index (χ2n) is 3.53. The van der Waals surface area contributed by atoms with E-state index < -0.39 is 0 Å². The van der Waals surface area contributed by atoms with Crippen molar-refractivity contribution in [3.63, 3.8) is 0 Å². The van der Waals surface area contributed by atoms with Crippen molar-refractivity contribution in [1.29, 1.82) is 0 Å². The predicted molar refractivity (Wildman–Crippen MR) is 45.6 cm³/mol. The highest BCUT2D eigenvalue weighted by molar-refractivity contribution is 5.81. The molecule has 68 valence electrons. The summed E-state index contributed by atoms with van der Waals surface area (Å²) in [4.78, 5) is 23.7. The van der Waals surface area contributed by atoms with Gasteiger partial charge in [-0.05, 0) is 12.8 Å². The van der Waals surface area contributed by atoms with Crippen molar-refractivity contribution in [2.24, 2.45) is 5.92 Å². The Morgan fingerprint density at radius 3 is 2.75 bits per heavy atom. The maximum Gasteiger partial charge on any atom is 0.225 e. The van der Waals surface area contributed by atoms with Gasteiger partial charge in [-0.1, -0.05) is 13.8 Å². The summed E-state index contributed by atoms with van der Waals surface area (Å²) in [6, 6.07) is -0.153. The second-order valence-corrected chi connectivity index (χ2v) is 3.53. The summed E-state index contributed by atoms with van der Waals surface area (Å²) in [5, 5.41) is 0. The maximum atomic E-state index is 11.5. The van der Waals surface area contributed by atoms with E-state index in [1.807, 2.05) is 13.8 Å². The van der Waals surface area contributed by atoms with Crippen molar-refractivity contribution in [3.05, 3.63) is 0 Å². The minimum atomic E-state index is -0.153. The molecule has 0 aromatic carbocycles. The number of amides is 1. The van der Waals surface area contributed by atoms with E-state index in [9.17, 15) is 9.59 Å². The molecule has 0 N–H and O–H groups in total. The molecule has 0 radical (unpaired) electrons. The first-order chi connectivity index (χ1) is 5.66. The average molecular weight is 169 g/mol. The molecule has 1 aliphatic heterocycles. The molecule has 0 unspecified atom stereocenters. The van der Waals surface area contributed by atoms with Gasteiger partial charge in [0.2, 0.25) is 5.91 Å². The molecule has 3 heteroatoms. The molecule has 0 spiro atoms. The van der Waals surface area contributed by atoms with Crippen LogP contribution >= 0.6 is 0 Å². The van der Waals surface area contributed by atoms with Crippen LogP contribution in [0.3, 0.4) is 0 Å². The van der Waals surface area contributed by atoms with Crippen LogP contribution < -0.4 is 0 Å². The van der Waals surface area contributed by atoms with Crippen LogP contribution in [0.25, 0.3) is 0 Å². The second kappa shape index (κ2) is 3.70. The molecular weight excluding hydrogens is 154 g/mol. The van der Waals surface area contributed by atoms with Crippen LogP contribution in [0.15, 0.2) is 0 Å². The summed E-state index contributed by atoms with van der Waals surface area (Å²) in [7, 11) is 0. The molecule has 0 aromatic heterocycles. The smallest absolute Gasteiger partial charge is 0.225 e. The van der Waals surface area contributed by atoms with Crippen LogP contribution in [0.4, 0.5) is 0 Å². The number of carbonyl (C=O) groups is 2. The quantitative estimate of drug-likeness (QED) is 0.574. The molecule has 0 aliphatic carbocycles. The Balaban J connectivity index is 2.61. The molecule has 1 fully saturated rings. The normalized spacial score (nSPS) is 23.2. The number of nitrogens with zero attached hydrogens (tertiary/aromatic N) is 1. The van der Waals surface area contributed by atoms with Crippen LogP contribution in [0.1, 0.15) is 26.7 Å². The maximum absolute atomic E-state index is 11.5. The third kappa shape index (κ3) is 1.65. The fourth-order valence-electron chi connectivity index (χ4n) is 1.54. The zero-order valence-corrected chi connectivity index (χ0v) is 7.62. The minimum Gasteiger partial charge on any atom is -0.333 e. The minimum absolute atomic E-state index is 0.00514. The van der Waals surface area contributed by atoms with Crippen LogP contribution in [-0.2, 0) is 9.59 Å². The largest absolute Gasteiger partial charge is 0.333 e. The SMILES string of the molecule is CC(C)C(=O)N1CCC[C@H]1C=O. The molecule has 1 atom stereocenters. The summed E-state index contributed by atoms with van der Waals surface area (Å²) in [5.41, 5.74) is 0. The first-order valence-corrected chi connectivity index (χ1v) is 4.42. The topological polar surface area (TPSA) is 37.4 Å². The van der Waals surface area contributed by atoms with Crippen molar-refractivity contribution in [3.8, 4) is 0 Å². The van der Waals surface area contributed by atoms with Crippen LogP contribution in [-0.4, -0.2) is 29.7 Å². The summed E-state index contributed by atoms with van der Waals surface area (Å²) < 4.78 is 0. The Labute approximate surface area is 72.7 Å². The van der Waals surface area contributed by atoms with Gasteiger partial charge in [0.1, 0.15) is 6.29 Å². The van der Waals surface area contributed by atoms with Gasteiger partial charge in [-0.3, -0.25) is 4.79 Å². The lowest BCUT2D eigenvalue weighted by molar-refractivity contribution is -0.137. The van der Waals surface area contributed by atoms with Gasteiger partial charge < -0.3 is 9.69 Å². The molecule has 12 heavy (non-hydrogen) atoms. The van der Waals surface area contributed by atoms with Crippen molar-refractivity contribution in [2.75, 3.05) is 6.54 Å². The highest BCUT2D eigenvalue weighted by Crippen LogP contribution is 2.17. The molecule has 0 bridgehead atoms. The summed E-state index contributed by atoms with van der Waals surface area (Å²) in [6.45, 7) is 4.48. The van der Waals surface area contributed by atoms with Gasteiger partial charge in [0.05, 0.1) is 6.04 Å². The Bertz CT molecular complexity index is 189. The number of hydrogen-bond donors (Lipinski definition) is 0. The fourth-order valence-corrected chi connectivity index (χ4v) is 1.54. The van der Waals surface area contributed by atoms with Gasteiger partial charge in [0.25, 0.3) is 0 Å². The van der Waals surface area contributed by atoms with Crippen LogP contribution in [0.2, 0.25) is 0 Å². The Hall–Kier alpha value is -0.860. The van der Waals surface area contributed by atoms with E-state index in [4.69, 9.17) is 0 Å². The van der Waals surface area contributed by atoms with Crippen molar-refractivity contribution >= 4 is 12.2 Å². The third-order valence-electron chi connectivity index (χ3n) is 2.23. The molecule has 1 rings (SSSR count). The lowest BCUT2D eigenvalue weighted by Crippen LogP contribution is -2.38. The Kier molecular flexibility index (Phi) is 2.84. The summed E-state index contributed by atoms with van der Waals surface area (Å²) in [6.07, 6.45) is 2.68. The van der Waals surface area contributed by atoms with Gasteiger partial charge in [-0.15, -0.1) is 0 Å². The van der Waals surface area contributed by atoms with Gasteiger partial charge in [0, 0.05) is 12.5 Å². The molecule has 1 heterocycles. The third-order valence-corrected chi connectivity index (χ3v) is 2.23. The van der Waals surface area contributed by atoms with E-state index in [-0.39, 0.29) is 17.9 Å². The van der Waals surface area contributed by atoms with E-state index >= 15 is 0 Å². The van der Waals surface area contributed by atoms with Crippen LogP contribution in [0.5, 0.6) is 0 Å². The lowest BCUT2D eigenvalue weighted by Gasteiger charge is -2.22. The summed E-state index contributed by atoms with van der Waals surface area (Å²) in [5.74, 6) is 0.107. The first kappa shape index (κ1) is 9.23. The monoisotopic (exact) mass is 169 g/mol. The zero-order chi connectivity index (χ0) is 9.14. The highest BCUT2D eigenvalue weighted by atomic mass is 16.2. The van der Waals surface area contributed by atoms with Gasteiger partial charge in [-0.2, -0.15) is 0 Å². The van der Waals surface area contributed by atoms with E-state index in [1.54, 1.807) is 4.90 Å². The van der Waals surface area contributed by atoms with E-state index in [2.05, 4.69) is 0 Å². The molecule has 0 aromatic rings.